The van der Waals surface area contributed by atoms with Crippen LogP contribution in [0.3, 0.4) is 0 Å². The van der Waals surface area contributed by atoms with E-state index in [4.69, 9.17) is 13.9 Å². The van der Waals surface area contributed by atoms with Gasteiger partial charge in [0.05, 0.1) is 25.0 Å². The summed E-state index contributed by atoms with van der Waals surface area (Å²) in [5, 5.41) is 0. The van der Waals surface area contributed by atoms with Crippen LogP contribution in [-0.2, 0) is 0 Å². The number of hydrogen-bond acceptors (Lipinski definition) is 5. The van der Waals surface area contributed by atoms with Crippen LogP contribution in [0, 0.1) is 0 Å². The van der Waals surface area contributed by atoms with Crippen molar-refractivity contribution in [3.05, 3.63) is 47.9 Å². The third kappa shape index (κ3) is 4.24. The Morgan fingerprint density at radius 2 is 1.48 bits per heavy atom. The largest absolute Gasteiger partial charge is 0.490 e. The fraction of sp³-hybridized carbons (Fsp3) is 0.400. The number of amides is 2. The first-order chi connectivity index (χ1) is 13.1. The number of benzene rings is 1. The summed E-state index contributed by atoms with van der Waals surface area (Å²) in [5.41, 5.74) is 1.08. The third-order valence-corrected chi connectivity index (χ3v) is 4.41. The van der Waals surface area contributed by atoms with Crippen LogP contribution < -0.4 is 9.47 Å². The van der Waals surface area contributed by atoms with Crippen LogP contribution in [0.4, 0.5) is 0 Å². The molecule has 0 spiro atoms. The molecule has 1 aromatic carbocycles. The normalized spacial score (nSPS) is 14.1. The van der Waals surface area contributed by atoms with Gasteiger partial charge in [0.2, 0.25) is 0 Å². The van der Waals surface area contributed by atoms with E-state index in [9.17, 15) is 9.59 Å². The molecule has 7 heteroatoms. The topological polar surface area (TPSA) is 72.2 Å². The highest BCUT2D eigenvalue weighted by molar-refractivity contribution is 5.96. The van der Waals surface area contributed by atoms with Gasteiger partial charge < -0.3 is 23.7 Å². The van der Waals surface area contributed by atoms with E-state index in [1.54, 1.807) is 34.1 Å². The highest BCUT2D eigenvalue weighted by atomic mass is 16.5. The van der Waals surface area contributed by atoms with Crippen LogP contribution in [0.25, 0.3) is 0 Å². The van der Waals surface area contributed by atoms with Gasteiger partial charge in [-0.2, -0.15) is 0 Å². The van der Waals surface area contributed by atoms with E-state index in [-0.39, 0.29) is 11.8 Å². The monoisotopic (exact) mass is 372 g/mol. The van der Waals surface area contributed by atoms with E-state index >= 15 is 0 Å². The number of ether oxygens (including phenoxy) is 2. The summed E-state index contributed by atoms with van der Waals surface area (Å²) in [7, 11) is 0. The van der Waals surface area contributed by atoms with Crippen molar-refractivity contribution in [2.75, 3.05) is 39.4 Å². The smallest absolute Gasteiger partial charge is 0.257 e. The molecule has 0 N–H and O–H groups in total. The number of hydrogen-bond donors (Lipinski definition) is 0. The number of piperazine rings is 1. The summed E-state index contributed by atoms with van der Waals surface area (Å²) in [6, 6.07) is 6.88. The number of furan rings is 1. The molecule has 1 fully saturated rings. The maximum absolute atomic E-state index is 12.8. The molecule has 2 heterocycles. The van der Waals surface area contributed by atoms with E-state index in [2.05, 4.69) is 0 Å². The molecule has 1 aliphatic rings. The Labute approximate surface area is 158 Å². The van der Waals surface area contributed by atoms with Crippen molar-refractivity contribution in [3.63, 3.8) is 0 Å². The zero-order chi connectivity index (χ0) is 19.2. The Morgan fingerprint density at radius 1 is 0.889 bits per heavy atom. The minimum absolute atomic E-state index is 0.0736. The number of carbonyl (C=O) groups is 2. The van der Waals surface area contributed by atoms with Gasteiger partial charge in [-0.25, -0.2) is 0 Å². The van der Waals surface area contributed by atoms with Gasteiger partial charge in [-0.1, -0.05) is 0 Å². The van der Waals surface area contributed by atoms with Crippen molar-refractivity contribution in [2.24, 2.45) is 0 Å². The molecule has 0 aliphatic carbocycles. The van der Waals surface area contributed by atoms with Gasteiger partial charge in [0.1, 0.15) is 6.26 Å². The summed E-state index contributed by atoms with van der Waals surface area (Å²) in [5.74, 6) is 1.05. The molecule has 1 aliphatic heterocycles. The number of rotatable bonds is 6. The van der Waals surface area contributed by atoms with Gasteiger partial charge in [-0.3, -0.25) is 9.59 Å². The lowest BCUT2D eigenvalue weighted by Crippen LogP contribution is -2.50. The van der Waals surface area contributed by atoms with E-state index in [1.807, 2.05) is 13.8 Å². The second-order valence-corrected chi connectivity index (χ2v) is 6.12. The summed E-state index contributed by atoms with van der Waals surface area (Å²) in [6.07, 6.45) is 2.92. The molecule has 144 valence electrons. The second-order valence-electron chi connectivity index (χ2n) is 6.12. The highest BCUT2D eigenvalue weighted by Crippen LogP contribution is 2.29. The molecule has 1 saturated heterocycles. The minimum Gasteiger partial charge on any atom is -0.490 e. The zero-order valence-electron chi connectivity index (χ0n) is 15.6. The van der Waals surface area contributed by atoms with Gasteiger partial charge in [0.15, 0.2) is 11.5 Å². The summed E-state index contributed by atoms with van der Waals surface area (Å²) >= 11 is 0. The molecule has 2 amide bonds. The average molecular weight is 372 g/mol. The molecule has 0 saturated carbocycles. The molecule has 1 aromatic heterocycles. The third-order valence-electron chi connectivity index (χ3n) is 4.41. The predicted molar refractivity (Wildman–Crippen MR) is 99.3 cm³/mol. The average Bonchev–Trinajstić information content (AvgIpc) is 3.23. The van der Waals surface area contributed by atoms with Crippen LogP contribution in [0.1, 0.15) is 34.6 Å². The molecule has 7 nitrogen and oxygen atoms in total. The fourth-order valence-electron chi connectivity index (χ4n) is 3.05. The molecular weight excluding hydrogens is 348 g/mol. The van der Waals surface area contributed by atoms with Crippen molar-refractivity contribution >= 4 is 11.8 Å². The first kappa shape index (κ1) is 18.8. The molecule has 3 rings (SSSR count). The van der Waals surface area contributed by atoms with Crippen LogP contribution in [0.2, 0.25) is 0 Å². The number of nitrogens with zero attached hydrogens (tertiary/aromatic N) is 2. The quantitative estimate of drug-likeness (QED) is 0.780. The van der Waals surface area contributed by atoms with Crippen LogP contribution >= 0.6 is 0 Å². The number of carbonyl (C=O) groups excluding carboxylic acids is 2. The van der Waals surface area contributed by atoms with Crippen molar-refractivity contribution < 1.29 is 23.5 Å². The predicted octanol–water partition coefficient (Wildman–Crippen LogP) is 2.68. The molecule has 0 bridgehead atoms. The van der Waals surface area contributed by atoms with Crippen molar-refractivity contribution in [1.29, 1.82) is 0 Å². The Morgan fingerprint density at radius 3 is 2.04 bits per heavy atom. The summed E-state index contributed by atoms with van der Waals surface area (Å²) in [6.45, 7) is 6.77. The molecule has 2 aromatic rings. The maximum atomic E-state index is 12.8. The van der Waals surface area contributed by atoms with Gasteiger partial charge >= 0.3 is 0 Å². The second kappa shape index (κ2) is 8.62. The van der Waals surface area contributed by atoms with Crippen molar-refractivity contribution in [2.45, 2.75) is 13.8 Å². The summed E-state index contributed by atoms with van der Waals surface area (Å²) in [4.78, 5) is 28.7. The van der Waals surface area contributed by atoms with Crippen molar-refractivity contribution in [3.8, 4) is 11.5 Å². The van der Waals surface area contributed by atoms with E-state index in [0.29, 0.717) is 62.0 Å². The first-order valence-electron chi connectivity index (χ1n) is 9.14. The first-order valence-corrected chi connectivity index (χ1v) is 9.14. The highest BCUT2D eigenvalue weighted by Gasteiger charge is 2.26. The SMILES string of the molecule is CCOc1ccc(C(=O)N2CCN(C(=O)c3ccoc3)CC2)cc1OCC. The maximum Gasteiger partial charge on any atom is 0.257 e. The van der Waals surface area contributed by atoms with Gasteiger partial charge in [0, 0.05) is 31.7 Å². The van der Waals surface area contributed by atoms with E-state index < -0.39 is 0 Å². The lowest BCUT2D eigenvalue weighted by atomic mass is 10.1. The molecule has 0 radical (unpaired) electrons. The molecule has 0 atom stereocenters. The fourth-order valence-corrected chi connectivity index (χ4v) is 3.05. The Kier molecular flexibility index (Phi) is 6.01. The van der Waals surface area contributed by atoms with Crippen LogP contribution in [-0.4, -0.2) is 61.0 Å². The van der Waals surface area contributed by atoms with Gasteiger partial charge in [-0.05, 0) is 38.1 Å². The van der Waals surface area contributed by atoms with Crippen molar-refractivity contribution in [1.82, 2.24) is 9.80 Å². The molecule has 27 heavy (non-hydrogen) atoms. The van der Waals surface area contributed by atoms with Gasteiger partial charge in [0.25, 0.3) is 11.8 Å². The van der Waals surface area contributed by atoms with Gasteiger partial charge in [-0.15, -0.1) is 0 Å². The lowest BCUT2D eigenvalue weighted by Gasteiger charge is -2.34. The minimum atomic E-state index is -0.0746. The Hall–Kier alpha value is -2.96. The van der Waals surface area contributed by atoms with E-state index in [0.717, 1.165) is 0 Å². The molecular formula is C20H24N2O5. The van der Waals surface area contributed by atoms with Crippen LogP contribution in [0.15, 0.2) is 41.2 Å². The van der Waals surface area contributed by atoms with Crippen LogP contribution in [0.5, 0.6) is 11.5 Å². The van der Waals surface area contributed by atoms with E-state index in [1.165, 1.54) is 12.5 Å². The molecule has 0 unspecified atom stereocenters. The lowest BCUT2D eigenvalue weighted by molar-refractivity contribution is 0.0535. The zero-order valence-corrected chi connectivity index (χ0v) is 15.6. The Bertz CT molecular complexity index is 780. The Balaban J connectivity index is 1.65. The summed E-state index contributed by atoms with van der Waals surface area (Å²) < 4.78 is 16.1. The standard InChI is InChI=1S/C20H24N2O5/c1-3-26-17-6-5-15(13-18(17)27-4-2)19(23)21-8-10-22(11-9-21)20(24)16-7-12-25-14-16/h5-7,12-14H,3-4,8-11H2,1-2H3.